The van der Waals surface area contributed by atoms with Crippen molar-refractivity contribution < 1.29 is 39.8 Å². The Kier molecular flexibility index (Phi) is 9.51. The van der Waals surface area contributed by atoms with E-state index in [9.17, 15) is 30.3 Å². The van der Waals surface area contributed by atoms with Crippen molar-refractivity contribution in [2.75, 3.05) is 31.0 Å². The number of hydrogen-bond acceptors (Lipinski definition) is 16. The number of nitrogens with zero attached hydrogens (tertiary/aromatic N) is 9. The van der Waals surface area contributed by atoms with Crippen molar-refractivity contribution in [2.24, 2.45) is 0 Å². The Hall–Kier alpha value is -4.72. The lowest BCUT2D eigenvalue weighted by Crippen LogP contribution is -2.46. The molecule has 5 rings (SSSR count). The number of amides is 1. The van der Waals surface area contributed by atoms with Crippen molar-refractivity contribution >= 4 is 17.7 Å². The molecule has 1 aliphatic carbocycles. The molecule has 1 amide bonds. The van der Waals surface area contributed by atoms with E-state index in [0.717, 1.165) is 10.9 Å². The second-order valence-corrected chi connectivity index (χ2v) is 10.2. The summed E-state index contributed by atoms with van der Waals surface area (Å²) in [5, 5.41) is 55.4. The molecule has 0 spiro atoms. The Balaban J connectivity index is 1.30. The first-order valence-electron chi connectivity index (χ1n) is 13.8. The van der Waals surface area contributed by atoms with E-state index >= 15 is 0 Å². The molecule has 1 aliphatic rings. The third-order valence-electron chi connectivity index (χ3n) is 7.16. The van der Waals surface area contributed by atoms with Gasteiger partial charge in [-0.3, -0.25) is 14.7 Å². The summed E-state index contributed by atoms with van der Waals surface area (Å²) in [6, 6.07) is 1.29. The molecule has 238 valence electrons. The SMILES string of the molecule is COCC(=O)N(c1cnc(-c2cnc(OC)nc2)cn1)[C@H]1CC[C@H](Nc2ncc(C(O)(O)O)c(-c3ccn(C(O)O)n3)n2)CC1. The predicted molar refractivity (Wildman–Crippen MR) is 154 cm³/mol. The second-order valence-electron chi connectivity index (χ2n) is 10.2. The summed E-state index contributed by atoms with van der Waals surface area (Å²) < 4.78 is 10.9. The van der Waals surface area contributed by atoms with Crippen LogP contribution in [0.15, 0.2) is 43.2 Å². The molecule has 0 unspecified atom stereocenters. The molecule has 0 saturated heterocycles. The molecule has 18 heteroatoms. The molecule has 0 radical (unpaired) electrons. The van der Waals surface area contributed by atoms with Crippen LogP contribution in [0.4, 0.5) is 11.8 Å². The van der Waals surface area contributed by atoms with E-state index in [0.29, 0.717) is 42.8 Å². The van der Waals surface area contributed by atoms with Crippen LogP contribution in [0.5, 0.6) is 6.01 Å². The van der Waals surface area contributed by atoms with E-state index in [1.807, 2.05) is 0 Å². The number of aromatic nitrogens is 8. The summed E-state index contributed by atoms with van der Waals surface area (Å²) in [6.45, 7) is -0.137. The van der Waals surface area contributed by atoms with Crippen LogP contribution in [0.3, 0.4) is 0 Å². The van der Waals surface area contributed by atoms with Crippen molar-refractivity contribution in [3.63, 3.8) is 0 Å². The van der Waals surface area contributed by atoms with Gasteiger partial charge in [0.15, 0.2) is 5.82 Å². The van der Waals surface area contributed by atoms with Crippen LogP contribution in [-0.2, 0) is 15.5 Å². The predicted octanol–water partition coefficient (Wildman–Crippen LogP) is -0.474. The Morgan fingerprint density at radius 2 is 1.73 bits per heavy atom. The highest BCUT2D eigenvalue weighted by molar-refractivity contribution is 5.94. The fraction of sp³-hybridized carbons (Fsp3) is 0.407. The van der Waals surface area contributed by atoms with Crippen LogP contribution in [-0.4, -0.2) is 104 Å². The van der Waals surface area contributed by atoms with E-state index in [1.165, 1.54) is 32.7 Å². The van der Waals surface area contributed by atoms with E-state index in [4.69, 9.17) is 9.47 Å². The molecule has 6 N–H and O–H groups in total. The number of carbonyl (C=O) groups excluding carboxylic acids is 1. The van der Waals surface area contributed by atoms with Gasteiger partial charge in [-0.1, -0.05) is 0 Å². The van der Waals surface area contributed by atoms with Gasteiger partial charge in [-0.2, -0.15) is 5.10 Å². The zero-order chi connectivity index (χ0) is 32.1. The van der Waals surface area contributed by atoms with Crippen LogP contribution < -0.4 is 15.0 Å². The number of nitrogens with one attached hydrogen (secondary N) is 1. The van der Waals surface area contributed by atoms with Crippen molar-refractivity contribution in [1.29, 1.82) is 0 Å². The Labute approximate surface area is 256 Å². The number of aliphatic hydroxyl groups excluding tert-OH is 1. The van der Waals surface area contributed by atoms with Crippen molar-refractivity contribution in [1.82, 2.24) is 39.7 Å². The van der Waals surface area contributed by atoms with Gasteiger partial charge in [0.1, 0.15) is 18.0 Å². The maximum Gasteiger partial charge on any atom is 0.316 e. The first-order chi connectivity index (χ1) is 21.6. The summed E-state index contributed by atoms with van der Waals surface area (Å²) in [5.74, 6) is -3.03. The monoisotopic (exact) mass is 624 g/mol. The molecule has 1 fully saturated rings. The normalized spacial score (nSPS) is 16.9. The van der Waals surface area contributed by atoms with Gasteiger partial charge in [0.05, 0.1) is 30.8 Å². The fourth-order valence-electron chi connectivity index (χ4n) is 5.01. The molecule has 18 nitrogen and oxygen atoms in total. The lowest BCUT2D eigenvalue weighted by atomic mass is 9.90. The lowest BCUT2D eigenvalue weighted by Gasteiger charge is -2.36. The lowest BCUT2D eigenvalue weighted by molar-refractivity contribution is -0.323. The van der Waals surface area contributed by atoms with Crippen LogP contribution >= 0.6 is 0 Å². The second kappa shape index (κ2) is 13.5. The first-order valence-corrected chi connectivity index (χ1v) is 13.8. The highest BCUT2D eigenvalue weighted by atomic mass is 16.7. The quantitative estimate of drug-likeness (QED) is 0.115. The fourth-order valence-corrected chi connectivity index (χ4v) is 5.01. The molecular weight excluding hydrogens is 592 g/mol. The van der Waals surface area contributed by atoms with E-state index in [2.05, 4.69) is 40.3 Å². The summed E-state index contributed by atoms with van der Waals surface area (Å²) in [7, 11) is 2.92. The zero-order valence-corrected chi connectivity index (χ0v) is 24.3. The van der Waals surface area contributed by atoms with Gasteiger partial charge in [0, 0.05) is 49.5 Å². The third-order valence-corrected chi connectivity index (χ3v) is 7.16. The van der Waals surface area contributed by atoms with Gasteiger partial charge in [0.25, 0.3) is 12.3 Å². The van der Waals surface area contributed by atoms with Gasteiger partial charge in [-0.25, -0.2) is 29.6 Å². The topological polar surface area (TPSA) is 247 Å². The Morgan fingerprint density at radius 3 is 2.31 bits per heavy atom. The van der Waals surface area contributed by atoms with Crippen molar-refractivity contribution in [3.8, 4) is 28.7 Å². The number of anilines is 2. The van der Waals surface area contributed by atoms with Crippen LogP contribution in [0, 0.1) is 0 Å². The average Bonchev–Trinajstić information content (AvgIpc) is 3.53. The molecular formula is C27H32N10O8. The van der Waals surface area contributed by atoms with Gasteiger partial charge < -0.3 is 40.3 Å². The molecule has 4 aromatic rings. The minimum atomic E-state index is -3.27. The number of ether oxygens (including phenoxy) is 2. The Morgan fingerprint density at radius 1 is 1.00 bits per heavy atom. The van der Waals surface area contributed by atoms with Gasteiger partial charge >= 0.3 is 12.0 Å². The van der Waals surface area contributed by atoms with E-state index in [1.54, 1.807) is 23.5 Å². The highest BCUT2D eigenvalue weighted by Crippen LogP contribution is 2.31. The van der Waals surface area contributed by atoms with Gasteiger partial charge in [-0.15, -0.1) is 0 Å². The smallest absolute Gasteiger partial charge is 0.316 e. The summed E-state index contributed by atoms with van der Waals surface area (Å²) >= 11 is 0. The summed E-state index contributed by atoms with van der Waals surface area (Å²) in [6.07, 6.45) is 8.98. The molecule has 0 bridgehead atoms. The van der Waals surface area contributed by atoms with E-state index < -0.39 is 18.0 Å². The van der Waals surface area contributed by atoms with Crippen LogP contribution in [0.2, 0.25) is 0 Å². The molecule has 4 heterocycles. The first kappa shape index (κ1) is 31.7. The standard InChI is InChI=1S/C27H32N10O8/c1-44-14-22(38)37(21-13-28-20(12-29-21)15-9-31-25(45-2)32-10-15)17-5-3-16(4-6-17)33-24-30-11-18(27(41,42)43)23(34-24)19-7-8-36(35-19)26(39)40/h7-13,16-17,26,39-43H,3-6,14H2,1-2H3,(H,30,33,34)/t16-,17-. The summed E-state index contributed by atoms with van der Waals surface area (Å²) in [4.78, 5) is 40.3. The van der Waals surface area contributed by atoms with Crippen LogP contribution in [0.25, 0.3) is 22.6 Å². The average molecular weight is 625 g/mol. The van der Waals surface area contributed by atoms with Gasteiger partial charge in [0.2, 0.25) is 5.95 Å². The largest absolute Gasteiger partial charge is 0.467 e. The maximum atomic E-state index is 13.1. The minimum Gasteiger partial charge on any atom is -0.467 e. The zero-order valence-electron chi connectivity index (χ0n) is 24.3. The van der Waals surface area contributed by atoms with Crippen molar-refractivity contribution in [3.05, 3.63) is 48.8 Å². The van der Waals surface area contributed by atoms with E-state index in [-0.39, 0.29) is 47.9 Å². The molecule has 45 heavy (non-hydrogen) atoms. The number of rotatable bonds is 11. The summed E-state index contributed by atoms with van der Waals surface area (Å²) in [5.41, 5.74) is 0.615. The van der Waals surface area contributed by atoms with Crippen LogP contribution in [0.1, 0.15) is 37.7 Å². The van der Waals surface area contributed by atoms with Crippen molar-refractivity contribution in [2.45, 2.75) is 50.2 Å². The molecule has 0 atom stereocenters. The molecule has 0 aliphatic heterocycles. The van der Waals surface area contributed by atoms with Gasteiger partial charge in [-0.05, 0) is 31.7 Å². The Bertz CT molecular complexity index is 1590. The molecule has 0 aromatic carbocycles. The highest BCUT2D eigenvalue weighted by Gasteiger charge is 2.33. The number of methoxy groups -OCH3 is 2. The number of carbonyl (C=O) groups is 1. The number of hydrogen-bond donors (Lipinski definition) is 6. The third kappa shape index (κ3) is 7.33. The maximum absolute atomic E-state index is 13.1. The minimum absolute atomic E-state index is 0.0349. The molecule has 4 aromatic heterocycles. The molecule has 1 saturated carbocycles. The number of aliphatic hydroxyl groups is 5.